The molecule has 1 aliphatic rings. The number of nitrogens with one attached hydrogen (secondary N) is 1. The van der Waals surface area contributed by atoms with Crippen molar-refractivity contribution in [1.29, 1.82) is 0 Å². The molecule has 1 heterocycles. The van der Waals surface area contributed by atoms with Gasteiger partial charge in [0.2, 0.25) is 5.91 Å². The van der Waals surface area contributed by atoms with E-state index in [1.54, 1.807) is 0 Å². The van der Waals surface area contributed by atoms with E-state index < -0.39 is 55.6 Å². The lowest BCUT2D eigenvalue weighted by molar-refractivity contribution is -0.303. The lowest BCUT2D eigenvalue weighted by Crippen LogP contribution is -2.60. The van der Waals surface area contributed by atoms with Crippen LogP contribution in [0.15, 0.2) is 0 Å². The maximum Gasteiger partial charge on any atom is 0.220 e. The summed E-state index contributed by atoms with van der Waals surface area (Å²) in [5.74, 6) is 0.505. The molecule has 0 aromatic rings. The molecule has 0 aliphatic carbocycles. The second-order valence-corrected chi connectivity index (χ2v) is 16.1. The van der Waals surface area contributed by atoms with Gasteiger partial charge < -0.3 is 45.4 Å². The number of carbonyl (C=O) groups excluding carboxylic acids is 1. The molecule has 310 valence electrons. The smallest absolute Gasteiger partial charge is 0.220 e. The average Bonchev–Trinajstić information content (AvgIpc) is 3.13. The fourth-order valence-corrected chi connectivity index (χ4v) is 7.15. The third-order valence-electron chi connectivity index (χ3n) is 10.7. The molecule has 10 heteroatoms. The van der Waals surface area contributed by atoms with Crippen LogP contribution in [-0.2, 0) is 14.3 Å². The molecule has 0 spiro atoms. The molecule has 8 atom stereocenters. The lowest BCUT2D eigenvalue weighted by atomic mass is 9.98. The van der Waals surface area contributed by atoms with Crippen LogP contribution in [0.4, 0.5) is 0 Å². The van der Waals surface area contributed by atoms with Crippen molar-refractivity contribution in [3.05, 3.63) is 0 Å². The molecule has 1 aliphatic heterocycles. The highest BCUT2D eigenvalue weighted by Crippen LogP contribution is 2.23. The van der Waals surface area contributed by atoms with Crippen LogP contribution >= 0.6 is 0 Å². The van der Waals surface area contributed by atoms with E-state index in [9.17, 15) is 35.4 Å². The van der Waals surface area contributed by atoms with Crippen LogP contribution in [0, 0.1) is 5.92 Å². The van der Waals surface area contributed by atoms with Crippen LogP contribution in [0.5, 0.6) is 0 Å². The van der Waals surface area contributed by atoms with Crippen LogP contribution in [0.1, 0.15) is 194 Å². The van der Waals surface area contributed by atoms with Gasteiger partial charge in [0.15, 0.2) is 6.29 Å². The van der Waals surface area contributed by atoms with E-state index in [2.05, 4.69) is 26.1 Å². The van der Waals surface area contributed by atoms with Crippen molar-refractivity contribution in [2.75, 3.05) is 13.2 Å². The zero-order valence-corrected chi connectivity index (χ0v) is 33.6. The lowest BCUT2D eigenvalue weighted by Gasteiger charge is -2.40. The number of ether oxygens (including phenoxy) is 2. The van der Waals surface area contributed by atoms with E-state index in [0.717, 1.165) is 57.3 Å². The molecular formula is C42H83NO9. The second-order valence-electron chi connectivity index (χ2n) is 16.1. The Labute approximate surface area is 317 Å². The topological polar surface area (TPSA) is 169 Å². The Kier molecular flexibility index (Phi) is 30.6. The highest BCUT2D eigenvalue weighted by Gasteiger charge is 2.44. The molecule has 1 fully saturated rings. The van der Waals surface area contributed by atoms with E-state index in [1.165, 1.54) is 109 Å². The van der Waals surface area contributed by atoms with Crippen LogP contribution in [0.25, 0.3) is 0 Å². The van der Waals surface area contributed by atoms with Gasteiger partial charge in [-0.3, -0.25) is 4.79 Å². The Morgan fingerprint density at radius 2 is 1.08 bits per heavy atom. The minimum Gasteiger partial charge on any atom is -0.394 e. The number of amides is 1. The maximum absolute atomic E-state index is 13.0. The van der Waals surface area contributed by atoms with Crippen molar-refractivity contribution < 1.29 is 44.9 Å². The van der Waals surface area contributed by atoms with Crippen LogP contribution in [-0.4, -0.2) is 98.7 Å². The number of rotatable bonds is 35. The number of aliphatic hydroxyl groups excluding tert-OH is 6. The molecular weight excluding hydrogens is 662 g/mol. The van der Waals surface area contributed by atoms with E-state index in [0.29, 0.717) is 6.42 Å². The Balaban J connectivity index is 2.41. The summed E-state index contributed by atoms with van der Waals surface area (Å²) >= 11 is 0. The first-order chi connectivity index (χ1) is 25.1. The second kappa shape index (κ2) is 32.4. The Morgan fingerprint density at radius 3 is 1.54 bits per heavy atom. The van der Waals surface area contributed by atoms with Crippen molar-refractivity contribution in [2.24, 2.45) is 5.92 Å². The summed E-state index contributed by atoms with van der Waals surface area (Å²) in [6.45, 7) is 5.88. The van der Waals surface area contributed by atoms with Crippen LogP contribution in [0.2, 0.25) is 0 Å². The highest BCUT2D eigenvalue weighted by molar-refractivity contribution is 5.76. The summed E-state index contributed by atoms with van der Waals surface area (Å²) < 4.78 is 11.1. The standard InChI is InChI=1S/C42H83NO9/c1-4-5-6-7-8-9-10-11-12-13-14-15-16-21-24-27-30-37(46)43-34(32-51-42-41(50)40(49)39(48)36(31-44)52-42)38(47)35(45)29-26-23-20-18-17-19-22-25-28-33(2)3/h33-36,38-42,44-45,47-50H,4-32H2,1-3H3,(H,43,46)/t34-,35+,36+,38-,39+,40-,41+,42+/m0/s1. The zero-order valence-electron chi connectivity index (χ0n) is 33.6. The average molecular weight is 746 g/mol. The van der Waals surface area contributed by atoms with Crippen molar-refractivity contribution in [3.8, 4) is 0 Å². The van der Waals surface area contributed by atoms with Crippen molar-refractivity contribution >= 4 is 5.91 Å². The minimum absolute atomic E-state index is 0.257. The van der Waals surface area contributed by atoms with Crippen LogP contribution in [0.3, 0.4) is 0 Å². The van der Waals surface area contributed by atoms with Gasteiger partial charge in [-0.1, -0.05) is 175 Å². The molecule has 0 saturated carbocycles. The van der Waals surface area contributed by atoms with Gasteiger partial charge in [0, 0.05) is 6.42 Å². The Bertz CT molecular complexity index is 816. The molecule has 52 heavy (non-hydrogen) atoms. The molecule has 0 aromatic heterocycles. The molecule has 7 N–H and O–H groups in total. The maximum atomic E-state index is 13.0. The van der Waals surface area contributed by atoms with Gasteiger partial charge >= 0.3 is 0 Å². The summed E-state index contributed by atoms with van der Waals surface area (Å²) in [4.78, 5) is 13.0. The molecule has 1 rings (SSSR count). The summed E-state index contributed by atoms with van der Waals surface area (Å²) in [6, 6.07) is -0.984. The largest absolute Gasteiger partial charge is 0.394 e. The predicted octanol–water partition coefficient (Wildman–Crippen LogP) is 7.22. The highest BCUT2D eigenvalue weighted by atomic mass is 16.7. The molecule has 0 bridgehead atoms. The molecule has 0 unspecified atom stereocenters. The molecule has 0 aromatic carbocycles. The number of unbranched alkanes of at least 4 members (excludes halogenated alkanes) is 22. The van der Waals surface area contributed by atoms with Gasteiger partial charge in [-0.15, -0.1) is 0 Å². The third-order valence-corrected chi connectivity index (χ3v) is 10.7. The molecule has 1 amide bonds. The van der Waals surface area contributed by atoms with Gasteiger partial charge in [0.05, 0.1) is 25.4 Å². The predicted molar refractivity (Wildman–Crippen MR) is 209 cm³/mol. The van der Waals surface area contributed by atoms with Gasteiger partial charge in [-0.25, -0.2) is 0 Å². The van der Waals surface area contributed by atoms with Gasteiger partial charge in [0.1, 0.15) is 30.5 Å². The zero-order chi connectivity index (χ0) is 38.4. The van der Waals surface area contributed by atoms with E-state index in [4.69, 9.17) is 9.47 Å². The van der Waals surface area contributed by atoms with Crippen molar-refractivity contribution in [3.63, 3.8) is 0 Å². The van der Waals surface area contributed by atoms with Crippen molar-refractivity contribution in [2.45, 2.75) is 243 Å². The fraction of sp³-hybridized carbons (Fsp3) is 0.976. The van der Waals surface area contributed by atoms with E-state index >= 15 is 0 Å². The first kappa shape index (κ1) is 49.2. The summed E-state index contributed by atoms with van der Waals surface area (Å²) in [5.41, 5.74) is 0. The quantitative estimate of drug-likeness (QED) is 0.0331. The number of aliphatic hydroxyl groups is 6. The Hall–Kier alpha value is -0.850. The summed E-state index contributed by atoms with van der Waals surface area (Å²) in [6.07, 6.45) is 21.2. The monoisotopic (exact) mass is 746 g/mol. The van der Waals surface area contributed by atoms with E-state index in [1.807, 2.05) is 0 Å². The molecule has 10 nitrogen and oxygen atoms in total. The van der Waals surface area contributed by atoms with Gasteiger partial charge in [-0.05, 0) is 18.8 Å². The fourth-order valence-electron chi connectivity index (χ4n) is 7.15. The molecule has 0 radical (unpaired) electrons. The number of hydrogen-bond donors (Lipinski definition) is 7. The summed E-state index contributed by atoms with van der Waals surface area (Å²) in [5, 5.41) is 65.0. The number of carbonyl (C=O) groups is 1. The van der Waals surface area contributed by atoms with Gasteiger partial charge in [-0.2, -0.15) is 0 Å². The minimum atomic E-state index is -1.60. The van der Waals surface area contributed by atoms with Gasteiger partial charge in [0.25, 0.3) is 0 Å². The summed E-state index contributed by atoms with van der Waals surface area (Å²) in [7, 11) is 0. The SMILES string of the molecule is CCCCCCCCCCCCCCCCCCC(=O)N[C@@H](CO[C@@H]1O[C@H](CO)[C@@H](O)[C@H](O)[C@H]1O)[C@H](O)[C@H](O)CCCCCCCCCCC(C)C. The molecule has 1 saturated heterocycles. The Morgan fingerprint density at radius 1 is 0.635 bits per heavy atom. The first-order valence-corrected chi connectivity index (χ1v) is 21.7. The van der Waals surface area contributed by atoms with Crippen molar-refractivity contribution in [1.82, 2.24) is 5.32 Å². The normalized spacial score (nSPS) is 22.5. The number of hydrogen-bond acceptors (Lipinski definition) is 9. The first-order valence-electron chi connectivity index (χ1n) is 21.7. The van der Waals surface area contributed by atoms with Crippen LogP contribution < -0.4 is 5.32 Å². The van der Waals surface area contributed by atoms with E-state index in [-0.39, 0.29) is 18.9 Å². The third kappa shape index (κ3) is 23.8.